The fraction of sp³-hybridized carbons (Fsp3) is 0.483. The van der Waals surface area contributed by atoms with Crippen LogP contribution in [0.1, 0.15) is 45.9 Å². The lowest BCUT2D eigenvalue weighted by molar-refractivity contribution is -0.0793. The maximum atomic E-state index is 13.5. The minimum Gasteiger partial charge on any atom is -0.496 e. The molecule has 2 N–H and O–H groups in total. The molecule has 7 nitrogen and oxygen atoms in total. The summed E-state index contributed by atoms with van der Waals surface area (Å²) in [4.78, 5) is 19.7. The molecule has 2 heterocycles. The summed E-state index contributed by atoms with van der Waals surface area (Å²) in [6.07, 6.45) is -1.24. The number of fused-ring (bicyclic) bond motifs is 1. The first kappa shape index (κ1) is 28.2. The molecule has 2 fully saturated rings. The second-order valence-corrected chi connectivity index (χ2v) is 10.7. The van der Waals surface area contributed by atoms with Crippen molar-refractivity contribution in [3.63, 3.8) is 0 Å². The highest BCUT2D eigenvalue weighted by Crippen LogP contribution is 2.41. The lowest BCUT2D eigenvalue weighted by Gasteiger charge is -2.42. The van der Waals surface area contributed by atoms with Crippen LogP contribution in [0.3, 0.4) is 0 Å². The number of H-pyrrole nitrogens is 1. The topological polar surface area (TPSA) is 69.8 Å². The van der Waals surface area contributed by atoms with Crippen molar-refractivity contribution in [1.82, 2.24) is 14.8 Å². The second-order valence-electron chi connectivity index (χ2n) is 10.7. The minimum atomic E-state index is -2.73. The molecule has 40 heavy (non-hydrogen) atoms. The summed E-state index contributed by atoms with van der Waals surface area (Å²) in [6, 6.07) is 8.37. The minimum absolute atomic E-state index is 0.238. The number of carbonyl (C=O) groups is 1. The number of hydrogen-bond acceptors (Lipinski definition) is 6. The van der Waals surface area contributed by atoms with E-state index in [2.05, 4.69) is 15.2 Å². The zero-order chi connectivity index (χ0) is 28.6. The monoisotopic (exact) mass is 562 g/mol. The number of aromatic nitrogens is 1. The summed E-state index contributed by atoms with van der Waals surface area (Å²) in [7, 11) is 2.89. The van der Waals surface area contributed by atoms with Crippen LogP contribution in [0, 0.1) is 6.92 Å². The summed E-state index contributed by atoms with van der Waals surface area (Å²) in [5.41, 5.74) is 4.47. The Morgan fingerprint density at radius 2 is 1.95 bits per heavy atom. The van der Waals surface area contributed by atoms with Crippen molar-refractivity contribution in [2.24, 2.45) is 0 Å². The van der Waals surface area contributed by atoms with Crippen molar-refractivity contribution in [1.29, 1.82) is 0 Å². The first-order chi connectivity index (χ1) is 19.1. The Balaban J connectivity index is 1.51. The van der Waals surface area contributed by atoms with Crippen molar-refractivity contribution in [2.75, 3.05) is 45.7 Å². The summed E-state index contributed by atoms with van der Waals surface area (Å²) in [5, 5.41) is 4.12. The second kappa shape index (κ2) is 11.3. The molecule has 1 saturated heterocycles. The fourth-order valence-electron chi connectivity index (χ4n) is 5.89. The van der Waals surface area contributed by atoms with Crippen LogP contribution in [0.2, 0.25) is 0 Å². The van der Waals surface area contributed by atoms with E-state index in [1.54, 1.807) is 30.2 Å². The SMILES string of the molecule is COC(=O)c1ccc([C@@H]2CN(CC(F)F)CCN2Cc2c(OC)cc(C)c3[nH]ccc23)cc1NC1CC(F)(F)C1. The molecule has 1 aliphatic carbocycles. The molecule has 1 aliphatic heterocycles. The first-order valence-corrected chi connectivity index (χ1v) is 13.3. The number of piperazine rings is 1. The zero-order valence-corrected chi connectivity index (χ0v) is 22.8. The van der Waals surface area contributed by atoms with E-state index < -0.39 is 24.4 Å². The van der Waals surface area contributed by atoms with Gasteiger partial charge in [0.05, 0.1) is 26.3 Å². The molecule has 2 aromatic carbocycles. The van der Waals surface area contributed by atoms with Crippen molar-refractivity contribution in [3.05, 3.63) is 58.8 Å². The average molecular weight is 563 g/mol. The number of methoxy groups -OCH3 is 2. The predicted molar refractivity (Wildman–Crippen MR) is 145 cm³/mol. The molecule has 1 atom stereocenters. The van der Waals surface area contributed by atoms with Crippen molar-refractivity contribution < 1.29 is 31.8 Å². The molecule has 1 aromatic heterocycles. The van der Waals surface area contributed by atoms with Gasteiger partial charge < -0.3 is 19.8 Å². The summed E-state index contributed by atoms with van der Waals surface area (Å²) >= 11 is 0. The molecule has 3 aromatic rings. The highest BCUT2D eigenvalue weighted by molar-refractivity contribution is 5.96. The van der Waals surface area contributed by atoms with Crippen LogP contribution >= 0.6 is 0 Å². The zero-order valence-electron chi connectivity index (χ0n) is 22.8. The van der Waals surface area contributed by atoms with Gasteiger partial charge in [-0.2, -0.15) is 0 Å². The van der Waals surface area contributed by atoms with E-state index in [0.717, 1.165) is 33.3 Å². The Kier molecular flexibility index (Phi) is 7.96. The summed E-state index contributed by atoms with van der Waals surface area (Å²) in [6.45, 7) is 3.49. The molecule has 0 bridgehead atoms. The van der Waals surface area contributed by atoms with E-state index in [0.29, 0.717) is 31.9 Å². The van der Waals surface area contributed by atoms with Crippen LogP contribution in [0.5, 0.6) is 5.75 Å². The molecule has 0 radical (unpaired) electrons. The number of rotatable bonds is 9. The van der Waals surface area contributed by atoms with Crippen LogP contribution in [0.4, 0.5) is 23.2 Å². The van der Waals surface area contributed by atoms with Gasteiger partial charge in [-0.3, -0.25) is 9.80 Å². The lowest BCUT2D eigenvalue weighted by Crippen LogP contribution is -2.49. The van der Waals surface area contributed by atoms with Crippen molar-refractivity contribution >= 4 is 22.6 Å². The maximum absolute atomic E-state index is 13.5. The van der Waals surface area contributed by atoms with Crippen LogP contribution in [-0.2, 0) is 11.3 Å². The number of anilines is 1. The van der Waals surface area contributed by atoms with E-state index in [1.165, 1.54) is 7.11 Å². The standard InChI is InChI=1S/C29H34F4N4O3/c1-17-10-25(39-2)22(20-6-7-34-27(17)20)14-37-9-8-36(16-26(30)31)15-24(37)18-4-5-21(28(38)40-3)23(11-18)35-19-12-29(32,33)13-19/h4-7,10-11,19,24,26,34-35H,8-9,12-16H2,1-3H3/t24-/m0/s1. The van der Waals surface area contributed by atoms with Gasteiger partial charge in [-0.05, 0) is 42.3 Å². The Bertz CT molecular complexity index is 1370. The number of hydrogen-bond donors (Lipinski definition) is 2. The number of nitrogens with one attached hydrogen (secondary N) is 2. The van der Waals surface area contributed by atoms with Crippen molar-refractivity contribution in [2.45, 2.75) is 50.7 Å². The molecule has 0 spiro atoms. The molecule has 2 aliphatic rings. The van der Waals surface area contributed by atoms with E-state index in [-0.39, 0.29) is 31.0 Å². The smallest absolute Gasteiger partial charge is 0.339 e. The van der Waals surface area contributed by atoms with Gasteiger partial charge in [0.2, 0.25) is 0 Å². The number of carbonyl (C=O) groups excluding carboxylic acids is 1. The summed E-state index contributed by atoms with van der Waals surface area (Å²) in [5.74, 6) is -2.57. The van der Waals surface area contributed by atoms with E-state index >= 15 is 0 Å². The molecule has 216 valence electrons. The van der Waals surface area contributed by atoms with Crippen LogP contribution < -0.4 is 10.1 Å². The number of ether oxygens (including phenoxy) is 2. The molecule has 1 saturated carbocycles. The largest absolute Gasteiger partial charge is 0.496 e. The molecular formula is C29H34F4N4O3. The molecule has 5 rings (SSSR count). The van der Waals surface area contributed by atoms with Crippen molar-refractivity contribution in [3.8, 4) is 5.75 Å². The van der Waals surface area contributed by atoms with Gasteiger partial charge in [0, 0.05) is 79.5 Å². The number of esters is 1. The first-order valence-electron chi connectivity index (χ1n) is 13.3. The van der Waals surface area contributed by atoms with Crippen LogP contribution in [0.15, 0.2) is 36.5 Å². The highest BCUT2D eigenvalue weighted by atomic mass is 19.3. The normalized spacial score (nSPS) is 20.1. The average Bonchev–Trinajstić information content (AvgIpc) is 3.40. The van der Waals surface area contributed by atoms with Gasteiger partial charge in [-0.1, -0.05) is 6.07 Å². The van der Waals surface area contributed by atoms with Gasteiger partial charge in [0.25, 0.3) is 12.3 Å². The third-order valence-electron chi connectivity index (χ3n) is 7.95. The third kappa shape index (κ3) is 5.76. The maximum Gasteiger partial charge on any atom is 0.339 e. The van der Waals surface area contributed by atoms with E-state index in [9.17, 15) is 22.4 Å². The molecular weight excluding hydrogens is 528 g/mol. The number of benzene rings is 2. The number of halogens is 4. The molecule has 11 heteroatoms. The quantitative estimate of drug-likeness (QED) is 0.261. The van der Waals surface area contributed by atoms with Gasteiger partial charge in [-0.15, -0.1) is 0 Å². The Hall–Kier alpha value is -3.31. The molecule has 0 unspecified atom stereocenters. The fourth-order valence-corrected chi connectivity index (χ4v) is 5.89. The Labute approximate surface area is 230 Å². The van der Waals surface area contributed by atoms with E-state index in [4.69, 9.17) is 9.47 Å². The number of alkyl halides is 4. The number of aromatic amines is 1. The van der Waals surface area contributed by atoms with Gasteiger partial charge in [-0.25, -0.2) is 22.4 Å². The number of nitrogens with zero attached hydrogens (tertiary/aromatic N) is 2. The lowest BCUT2D eigenvalue weighted by atomic mass is 9.87. The van der Waals surface area contributed by atoms with Gasteiger partial charge >= 0.3 is 5.97 Å². The van der Waals surface area contributed by atoms with Crippen LogP contribution in [-0.4, -0.2) is 79.5 Å². The third-order valence-corrected chi connectivity index (χ3v) is 7.95. The number of aryl methyl sites for hydroxylation is 1. The highest BCUT2D eigenvalue weighted by Gasteiger charge is 2.45. The van der Waals surface area contributed by atoms with Gasteiger partial charge in [0.15, 0.2) is 0 Å². The predicted octanol–water partition coefficient (Wildman–Crippen LogP) is 5.61. The molecule has 0 amide bonds. The van der Waals surface area contributed by atoms with Gasteiger partial charge in [0.1, 0.15) is 5.75 Å². The summed E-state index contributed by atoms with van der Waals surface area (Å²) < 4.78 is 64.5. The Morgan fingerprint density at radius 3 is 2.62 bits per heavy atom. The Morgan fingerprint density at radius 1 is 1.18 bits per heavy atom. The van der Waals surface area contributed by atoms with Crippen LogP contribution in [0.25, 0.3) is 10.9 Å². The van der Waals surface area contributed by atoms with E-state index in [1.807, 2.05) is 25.3 Å².